The van der Waals surface area contributed by atoms with E-state index in [0.29, 0.717) is 0 Å². The number of carbonyl (C=O) groups excluding carboxylic acids is 1. The first kappa shape index (κ1) is 14.7. The Labute approximate surface area is 111 Å². The van der Waals surface area contributed by atoms with Crippen molar-refractivity contribution in [3.63, 3.8) is 0 Å². The summed E-state index contributed by atoms with van der Waals surface area (Å²) in [5.74, 6) is -0.830. The number of halogens is 2. The van der Waals surface area contributed by atoms with Gasteiger partial charge in [-0.1, -0.05) is 0 Å². The molecule has 0 aromatic heterocycles. The lowest BCUT2D eigenvalue weighted by atomic mass is 9.97. The minimum atomic E-state index is -0.483. The Balaban J connectivity index is 0.00000162. The number of phenolic OH excluding ortho intramolecular Hbond substituents is 1. The van der Waals surface area contributed by atoms with Gasteiger partial charge >= 0.3 is 0 Å². The van der Waals surface area contributed by atoms with E-state index in [1.807, 2.05) is 0 Å². The Kier molecular flexibility index (Phi) is 5.37. The average Bonchev–Trinajstić information content (AvgIpc) is 2.35. The van der Waals surface area contributed by atoms with E-state index in [4.69, 9.17) is 0 Å². The Morgan fingerprint density at radius 3 is 2.72 bits per heavy atom. The second-order valence-electron chi connectivity index (χ2n) is 4.17. The second-order valence-corrected chi connectivity index (χ2v) is 4.17. The molecule has 0 radical (unpaired) electrons. The van der Waals surface area contributed by atoms with Crippen LogP contribution in [0.4, 0.5) is 10.1 Å². The predicted molar refractivity (Wildman–Crippen MR) is 69.5 cm³/mol. The number of amides is 1. The molecule has 0 spiro atoms. The van der Waals surface area contributed by atoms with E-state index in [1.165, 1.54) is 6.07 Å². The number of phenols is 1. The first-order chi connectivity index (χ1) is 8.16. The first-order valence-corrected chi connectivity index (χ1v) is 5.67. The van der Waals surface area contributed by atoms with Gasteiger partial charge in [0.25, 0.3) is 0 Å². The van der Waals surface area contributed by atoms with Crippen LogP contribution in [0.3, 0.4) is 0 Å². The lowest BCUT2D eigenvalue weighted by molar-refractivity contribution is -0.120. The van der Waals surface area contributed by atoms with Crippen molar-refractivity contribution in [2.75, 3.05) is 18.4 Å². The van der Waals surface area contributed by atoms with Gasteiger partial charge in [0.15, 0.2) is 0 Å². The number of aromatic hydroxyl groups is 1. The molecule has 0 saturated carbocycles. The fourth-order valence-electron chi connectivity index (χ4n) is 1.93. The fourth-order valence-corrected chi connectivity index (χ4v) is 1.93. The normalized spacial score (nSPS) is 15.8. The summed E-state index contributed by atoms with van der Waals surface area (Å²) < 4.78 is 13.0. The largest absolute Gasteiger partial charge is 0.506 e. The molecule has 0 atom stereocenters. The van der Waals surface area contributed by atoms with Crippen molar-refractivity contribution in [1.29, 1.82) is 0 Å². The molecule has 18 heavy (non-hydrogen) atoms. The minimum absolute atomic E-state index is 0. The zero-order valence-corrected chi connectivity index (χ0v) is 10.6. The third-order valence-corrected chi connectivity index (χ3v) is 2.93. The molecule has 2 rings (SSSR count). The van der Waals surface area contributed by atoms with Crippen molar-refractivity contribution in [2.24, 2.45) is 5.92 Å². The predicted octanol–water partition coefficient (Wildman–Crippen LogP) is 1.89. The highest BCUT2D eigenvalue weighted by atomic mass is 35.5. The second kappa shape index (κ2) is 6.56. The van der Waals surface area contributed by atoms with Crippen LogP contribution in [0.2, 0.25) is 0 Å². The maximum Gasteiger partial charge on any atom is 0.227 e. The molecule has 100 valence electrons. The van der Waals surface area contributed by atoms with E-state index in [-0.39, 0.29) is 35.7 Å². The molecule has 0 bridgehead atoms. The fraction of sp³-hybridized carbons (Fsp3) is 0.417. The van der Waals surface area contributed by atoms with E-state index in [9.17, 15) is 14.3 Å². The van der Waals surface area contributed by atoms with Gasteiger partial charge in [0.2, 0.25) is 5.91 Å². The summed E-state index contributed by atoms with van der Waals surface area (Å²) in [7, 11) is 0. The molecular formula is C12H16ClFN2O2. The maximum absolute atomic E-state index is 13.0. The minimum Gasteiger partial charge on any atom is -0.506 e. The Morgan fingerprint density at radius 2 is 2.06 bits per heavy atom. The van der Waals surface area contributed by atoms with E-state index in [2.05, 4.69) is 10.6 Å². The third kappa shape index (κ3) is 3.58. The molecule has 1 aromatic rings. The number of hydrogen-bond acceptors (Lipinski definition) is 3. The Bertz CT molecular complexity index is 423. The van der Waals surface area contributed by atoms with Crippen LogP contribution < -0.4 is 10.6 Å². The quantitative estimate of drug-likeness (QED) is 0.722. The molecule has 6 heteroatoms. The number of hydrogen-bond donors (Lipinski definition) is 3. The van der Waals surface area contributed by atoms with Crippen molar-refractivity contribution in [2.45, 2.75) is 12.8 Å². The van der Waals surface area contributed by atoms with E-state index in [1.54, 1.807) is 0 Å². The highest BCUT2D eigenvalue weighted by Gasteiger charge is 2.21. The molecule has 1 aliphatic heterocycles. The molecule has 1 fully saturated rings. The van der Waals surface area contributed by atoms with Gasteiger partial charge in [0, 0.05) is 12.0 Å². The zero-order valence-electron chi connectivity index (χ0n) is 9.78. The summed E-state index contributed by atoms with van der Waals surface area (Å²) in [5.41, 5.74) is 0.133. The van der Waals surface area contributed by atoms with Crippen LogP contribution in [0.1, 0.15) is 12.8 Å². The molecule has 1 aliphatic rings. The van der Waals surface area contributed by atoms with E-state index in [0.717, 1.165) is 38.1 Å². The van der Waals surface area contributed by atoms with Gasteiger partial charge in [-0.3, -0.25) is 4.79 Å². The molecule has 1 amide bonds. The molecule has 1 aromatic carbocycles. The zero-order chi connectivity index (χ0) is 12.3. The number of piperidine rings is 1. The average molecular weight is 275 g/mol. The molecule has 1 saturated heterocycles. The Hall–Kier alpha value is -1.33. The summed E-state index contributed by atoms with van der Waals surface area (Å²) in [4.78, 5) is 11.9. The van der Waals surface area contributed by atoms with Crippen LogP contribution in [0.25, 0.3) is 0 Å². The molecule has 4 nitrogen and oxygen atoms in total. The summed E-state index contributed by atoms with van der Waals surface area (Å²) in [6.45, 7) is 1.63. The van der Waals surface area contributed by atoms with Gasteiger partial charge in [-0.2, -0.15) is 0 Å². The standard InChI is InChI=1S/C12H15FN2O2.ClH/c13-9-1-2-11(16)10(7-9)15-12(17)8-3-5-14-6-4-8;/h1-2,7-8,14,16H,3-6H2,(H,15,17);1H. The van der Waals surface area contributed by atoms with Gasteiger partial charge in [0.05, 0.1) is 5.69 Å². The van der Waals surface area contributed by atoms with Gasteiger partial charge in [0.1, 0.15) is 11.6 Å². The van der Waals surface area contributed by atoms with Crippen molar-refractivity contribution in [1.82, 2.24) is 5.32 Å². The van der Waals surface area contributed by atoms with Crippen LogP contribution in [-0.2, 0) is 4.79 Å². The summed E-state index contributed by atoms with van der Waals surface area (Å²) in [5, 5.41) is 15.2. The summed E-state index contributed by atoms with van der Waals surface area (Å²) >= 11 is 0. The number of nitrogens with one attached hydrogen (secondary N) is 2. The van der Waals surface area contributed by atoms with Gasteiger partial charge < -0.3 is 15.7 Å². The lowest BCUT2D eigenvalue weighted by Crippen LogP contribution is -2.34. The van der Waals surface area contributed by atoms with Crippen molar-refractivity contribution < 1.29 is 14.3 Å². The number of anilines is 1. The first-order valence-electron chi connectivity index (χ1n) is 5.67. The van der Waals surface area contributed by atoms with Crippen molar-refractivity contribution in [3.8, 4) is 5.75 Å². The molecule has 0 unspecified atom stereocenters. The van der Waals surface area contributed by atoms with Crippen LogP contribution in [0.15, 0.2) is 18.2 Å². The van der Waals surface area contributed by atoms with Crippen LogP contribution in [0, 0.1) is 11.7 Å². The smallest absolute Gasteiger partial charge is 0.227 e. The molecule has 0 aliphatic carbocycles. The third-order valence-electron chi connectivity index (χ3n) is 2.93. The van der Waals surface area contributed by atoms with Crippen LogP contribution in [-0.4, -0.2) is 24.1 Å². The van der Waals surface area contributed by atoms with Crippen LogP contribution in [0.5, 0.6) is 5.75 Å². The van der Waals surface area contributed by atoms with Gasteiger partial charge in [-0.15, -0.1) is 12.4 Å². The van der Waals surface area contributed by atoms with Gasteiger partial charge in [-0.05, 0) is 38.1 Å². The van der Waals surface area contributed by atoms with Crippen molar-refractivity contribution in [3.05, 3.63) is 24.0 Å². The topological polar surface area (TPSA) is 61.4 Å². The lowest BCUT2D eigenvalue weighted by Gasteiger charge is -2.21. The highest BCUT2D eigenvalue weighted by Crippen LogP contribution is 2.25. The maximum atomic E-state index is 13.0. The summed E-state index contributed by atoms with van der Waals surface area (Å²) in [6, 6.07) is 3.50. The number of rotatable bonds is 2. The molecule has 3 N–H and O–H groups in total. The highest BCUT2D eigenvalue weighted by molar-refractivity contribution is 5.93. The van der Waals surface area contributed by atoms with E-state index < -0.39 is 5.82 Å². The van der Waals surface area contributed by atoms with Crippen molar-refractivity contribution >= 4 is 24.0 Å². The van der Waals surface area contributed by atoms with E-state index >= 15 is 0 Å². The number of carbonyl (C=O) groups is 1. The van der Waals surface area contributed by atoms with Gasteiger partial charge in [-0.25, -0.2) is 4.39 Å². The SMILES string of the molecule is Cl.O=C(Nc1cc(F)ccc1O)C1CCNCC1. The Morgan fingerprint density at radius 1 is 1.39 bits per heavy atom. The molecular weight excluding hydrogens is 259 g/mol. The number of benzene rings is 1. The summed E-state index contributed by atoms with van der Waals surface area (Å²) in [6.07, 6.45) is 1.53. The van der Waals surface area contributed by atoms with Crippen LogP contribution >= 0.6 is 12.4 Å². The monoisotopic (exact) mass is 274 g/mol. The molecule has 1 heterocycles.